The van der Waals surface area contributed by atoms with Crippen LogP contribution in [0.1, 0.15) is 0 Å². The van der Waals surface area contributed by atoms with Gasteiger partial charge in [0, 0.05) is 7.05 Å². The van der Waals surface area contributed by atoms with E-state index in [-0.39, 0.29) is 0 Å². The SMILES string of the molecule is Cn1cc(O[Si](C)(C)C)n([Si](C)(C)C)c1=N[Si](C)(C)C. The van der Waals surface area contributed by atoms with Crippen molar-refractivity contribution in [2.24, 2.45) is 11.7 Å². The lowest BCUT2D eigenvalue weighted by atomic mass is 10.8. The molecule has 116 valence electrons. The van der Waals surface area contributed by atoms with Gasteiger partial charge in [0.1, 0.15) is 0 Å². The molecule has 0 aliphatic heterocycles. The second-order valence-electron chi connectivity index (χ2n) is 8.38. The molecule has 1 aromatic rings. The molecule has 20 heavy (non-hydrogen) atoms. The maximum absolute atomic E-state index is 6.31. The van der Waals surface area contributed by atoms with E-state index >= 15 is 0 Å². The number of aromatic nitrogens is 2. The van der Waals surface area contributed by atoms with Crippen molar-refractivity contribution in [3.05, 3.63) is 11.8 Å². The first-order chi connectivity index (χ1) is 8.71. The zero-order valence-corrected chi connectivity index (χ0v) is 17.8. The summed E-state index contributed by atoms with van der Waals surface area (Å²) in [6.45, 7) is 20.5. The molecule has 0 unspecified atom stereocenters. The van der Waals surface area contributed by atoms with Crippen LogP contribution in [0.4, 0.5) is 0 Å². The number of hydrogen-bond donors (Lipinski definition) is 0. The third kappa shape index (κ3) is 4.78. The molecule has 1 heterocycles. The van der Waals surface area contributed by atoms with Crippen molar-refractivity contribution < 1.29 is 4.43 Å². The molecule has 0 spiro atoms. The quantitative estimate of drug-likeness (QED) is 0.778. The summed E-state index contributed by atoms with van der Waals surface area (Å²) in [5, 5.41) is 0. The highest BCUT2D eigenvalue weighted by atomic mass is 28.4. The van der Waals surface area contributed by atoms with Crippen LogP contribution in [0.3, 0.4) is 0 Å². The van der Waals surface area contributed by atoms with Crippen LogP contribution in [-0.2, 0) is 7.05 Å². The molecule has 0 aromatic carbocycles. The van der Waals surface area contributed by atoms with Crippen LogP contribution in [0, 0.1) is 0 Å². The minimum Gasteiger partial charge on any atom is -0.532 e. The van der Waals surface area contributed by atoms with Gasteiger partial charge in [-0.2, -0.15) is 0 Å². The Balaban J connectivity index is 3.59. The van der Waals surface area contributed by atoms with E-state index in [1.165, 1.54) is 0 Å². The average molecular weight is 330 g/mol. The fourth-order valence-electron chi connectivity index (χ4n) is 1.98. The van der Waals surface area contributed by atoms with E-state index in [2.05, 4.69) is 81.0 Å². The number of nitrogens with zero attached hydrogens (tertiary/aromatic N) is 3. The van der Waals surface area contributed by atoms with E-state index in [0.29, 0.717) is 0 Å². The summed E-state index contributed by atoms with van der Waals surface area (Å²) < 4.78 is 15.9. The molecule has 0 fully saturated rings. The molecule has 0 bridgehead atoms. The molecule has 4 nitrogen and oxygen atoms in total. The van der Waals surface area contributed by atoms with E-state index in [1.54, 1.807) is 0 Å². The first kappa shape index (κ1) is 17.5. The second-order valence-corrected chi connectivity index (χ2v) is 22.2. The summed E-state index contributed by atoms with van der Waals surface area (Å²) in [6.07, 6.45) is 2.11. The van der Waals surface area contributed by atoms with Crippen LogP contribution >= 0.6 is 0 Å². The van der Waals surface area contributed by atoms with E-state index in [9.17, 15) is 0 Å². The lowest BCUT2D eigenvalue weighted by molar-refractivity contribution is 0.524. The van der Waals surface area contributed by atoms with E-state index in [1.807, 2.05) is 0 Å². The fourth-order valence-corrected chi connectivity index (χ4v) is 5.38. The molecular formula is C13H31N3OSi3. The maximum atomic E-state index is 6.31. The predicted octanol–water partition coefficient (Wildman–Crippen LogP) is 3.46. The molecule has 0 amide bonds. The van der Waals surface area contributed by atoms with Gasteiger partial charge in [0.15, 0.2) is 28.0 Å². The van der Waals surface area contributed by atoms with Crippen molar-refractivity contribution in [3.8, 4) is 5.88 Å². The third-order valence-corrected chi connectivity index (χ3v) is 6.01. The fraction of sp³-hybridized carbons (Fsp3) is 0.769. The van der Waals surface area contributed by atoms with Crippen LogP contribution in [0.25, 0.3) is 0 Å². The topological polar surface area (TPSA) is 31.4 Å². The minimum atomic E-state index is -1.62. The molecule has 0 saturated carbocycles. The van der Waals surface area contributed by atoms with Crippen molar-refractivity contribution >= 4 is 24.8 Å². The predicted molar refractivity (Wildman–Crippen MR) is 95.0 cm³/mol. The Hall–Kier alpha value is -0.539. The van der Waals surface area contributed by atoms with Crippen molar-refractivity contribution in [1.29, 1.82) is 0 Å². The Morgan fingerprint density at radius 1 is 0.950 bits per heavy atom. The summed E-state index contributed by atoms with van der Waals surface area (Å²) in [6, 6.07) is 0. The highest BCUT2D eigenvalue weighted by molar-refractivity contribution is 6.76. The number of rotatable bonds is 4. The van der Waals surface area contributed by atoms with Gasteiger partial charge in [-0.05, 0) is 39.3 Å². The Bertz CT molecular complexity index is 539. The van der Waals surface area contributed by atoms with Crippen LogP contribution in [-0.4, -0.2) is 33.6 Å². The summed E-state index contributed by atoms with van der Waals surface area (Å²) >= 11 is 0. The zero-order valence-electron chi connectivity index (χ0n) is 14.8. The van der Waals surface area contributed by atoms with Gasteiger partial charge in [-0.15, -0.1) is 0 Å². The summed E-state index contributed by atoms with van der Waals surface area (Å²) in [5.74, 6) is 1.00. The van der Waals surface area contributed by atoms with Crippen LogP contribution in [0.15, 0.2) is 10.9 Å². The van der Waals surface area contributed by atoms with Gasteiger partial charge in [0.25, 0.3) is 0 Å². The molecule has 0 aliphatic carbocycles. The highest BCUT2D eigenvalue weighted by Gasteiger charge is 2.27. The molecule has 0 radical (unpaired) electrons. The van der Waals surface area contributed by atoms with Crippen molar-refractivity contribution in [2.45, 2.75) is 58.9 Å². The van der Waals surface area contributed by atoms with Gasteiger partial charge in [-0.1, -0.05) is 19.6 Å². The number of imidazole rings is 1. The summed E-state index contributed by atoms with van der Waals surface area (Å²) in [4.78, 5) is 0. The average Bonchev–Trinajstić information content (AvgIpc) is 2.35. The zero-order chi connectivity index (χ0) is 15.9. The Labute approximate surface area is 126 Å². The van der Waals surface area contributed by atoms with Crippen LogP contribution < -0.4 is 10.0 Å². The molecule has 1 rings (SSSR count). The molecule has 0 saturated heterocycles. The second kappa shape index (κ2) is 5.34. The van der Waals surface area contributed by atoms with Gasteiger partial charge in [-0.3, -0.25) is 4.66 Å². The van der Waals surface area contributed by atoms with E-state index < -0.39 is 24.8 Å². The minimum absolute atomic E-state index is 1.00. The lowest BCUT2D eigenvalue weighted by Gasteiger charge is -2.26. The Morgan fingerprint density at radius 2 is 1.45 bits per heavy atom. The molecule has 7 heteroatoms. The molecule has 0 atom stereocenters. The van der Waals surface area contributed by atoms with Gasteiger partial charge < -0.3 is 13.2 Å². The molecule has 0 aliphatic rings. The highest BCUT2D eigenvalue weighted by Crippen LogP contribution is 2.19. The van der Waals surface area contributed by atoms with Gasteiger partial charge in [0.2, 0.25) is 8.32 Å². The lowest BCUT2D eigenvalue weighted by Crippen LogP contribution is -2.45. The van der Waals surface area contributed by atoms with Crippen LogP contribution in [0.2, 0.25) is 58.9 Å². The van der Waals surface area contributed by atoms with E-state index in [0.717, 1.165) is 11.5 Å². The van der Waals surface area contributed by atoms with Gasteiger partial charge in [0.05, 0.1) is 6.20 Å². The number of aryl methyl sites for hydroxylation is 1. The van der Waals surface area contributed by atoms with Crippen molar-refractivity contribution in [3.63, 3.8) is 0 Å². The smallest absolute Gasteiger partial charge is 0.244 e. The normalized spacial score (nSPS) is 14.8. The monoisotopic (exact) mass is 329 g/mol. The van der Waals surface area contributed by atoms with Gasteiger partial charge in [-0.25, -0.2) is 0 Å². The molecular weight excluding hydrogens is 298 g/mol. The summed E-state index contributed by atoms with van der Waals surface area (Å²) in [5.41, 5.74) is 1.08. The Kier molecular flexibility index (Phi) is 4.68. The maximum Gasteiger partial charge on any atom is 0.244 e. The standard InChI is InChI=1S/C13H31N3OSi3/c1-15-11-12(17-20(8,9)10)16(19(5,6)7)13(15)14-18(2,3)4/h11H,1-10H3. The number of hydrogen-bond acceptors (Lipinski definition) is 2. The first-order valence-corrected chi connectivity index (χ1v) is 17.5. The van der Waals surface area contributed by atoms with Crippen LogP contribution in [0.5, 0.6) is 5.88 Å². The van der Waals surface area contributed by atoms with Gasteiger partial charge >= 0.3 is 0 Å². The van der Waals surface area contributed by atoms with E-state index in [4.69, 9.17) is 9.08 Å². The largest absolute Gasteiger partial charge is 0.532 e. The van der Waals surface area contributed by atoms with Crippen molar-refractivity contribution in [1.82, 2.24) is 8.80 Å². The first-order valence-electron chi connectivity index (χ1n) is 7.24. The summed E-state index contributed by atoms with van der Waals surface area (Å²) in [7, 11) is -2.65. The van der Waals surface area contributed by atoms with Crippen molar-refractivity contribution in [2.75, 3.05) is 0 Å². The third-order valence-electron chi connectivity index (χ3n) is 2.56. The Morgan fingerprint density at radius 3 is 1.80 bits per heavy atom. The molecule has 0 N–H and O–H groups in total. The molecule has 1 aromatic heterocycles.